The average molecular weight is 285 g/mol. The van der Waals surface area contributed by atoms with Crippen molar-refractivity contribution < 1.29 is 9.53 Å². The lowest BCUT2D eigenvalue weighted by Crippen LogP contribution is -2.40. The van der Waals surface area contributed by atoms with Gasteiger partial charge in [-0.3, -0.25) is 9.69 Å². The van der Waals surface area contributed by atoms with Gasteiger partial charge in [-0.2, -0.15) is 0 Å². The summed E-state index contributed by atoms with van der Waals surface area (Å²) in [5, 5.41) is 0. The van der Waals surface area contributed by atoms with E-state index in [0.29, 0.717) is 6.04 Å². The lowest BCUT2D eigenvalue weighted by Gasteiger charge is -2.35. The van der Waals surface area contributed by atoms with Crippen molar-refractivity contribution in [2.45, 2.75) is 31.8 Å². The number of fused-ring (bicyclic) bond motifs is 1. The zero-order valence-electron chi connectivity index (χ0n) is 12.6. The van der Waals surface area contributed by atoms with Crippen molar-refractivity contribution >= 4 is 5.97 Å². The maximum absolute atomic E-state index is 12.0. The van der Waals surface area contributed by atoms with E-state index in [0.717, 1.165) is 32.4 Å². The van der Waals surface area contributed by atoms with Crippen LogP contribution in [0.3, 0.4) is 0 Å². The zero-order valence-corrected chi connectivity index (χ0v) is 12.6. The molecule has 112 valence electrons. The summed E-state index contributed by atoms with van der Waals surface area (Å²) >= 11 is 0. The predicted molar refractivity (Wildman–Crippen MR) is 82.6 cm³/mol. The monoisotopic (exact) mass is 285 g/mol. The molecule has 1 saturated heterocycles. The summed E-state index contributed by atoms with van der Waals surface area (Å²) in [6.07, 6.45) is 3.19. The molecule has 1 aromatic carbocycles. The minimum Gasteiger partial charge on any atom is -0.469 e. The molecule has 0 N–H and O–H groups in total. The molecule has 3 atom stereocenters. The molecule has 3 rings (SSSR count). The number of hydrogen-bond donors (Lipinski definition) is 0. The number of hydrogen-bond acceptors (Lipinski definition) is 3. The van der Waals surface area contributed by atoms with E-state index in [1.54, 1.807) is 0 Å². The number of carbonyl (C=O) groups is 1. The molecule has 0 unspecified atom stereocenters. The van der Waals surface area contributed by atoms with Crippen molar-refractivity contribution in [1.29, 1.82) is 0 Å². The Morgan fingerprint density at radius 3 is 2.81 bits per heavy atom. The van der Waals surface area contributed by atoms with E-state index in [9.17, 15) is 4.79 Å². The van der Waals surface area contributed by atoms with Gasteiger partial charge in [0.15, 0.2) is 0 Å². The first-order valence-electron chi connectivity index (χ1n) is 7.74. The highest BCUT2D eigenvalue weighted by Crippen LogP contribution is 2.43. The topological polar surface area (TPSA) is 29.5 Å². The highest BCUT2D eigenvalue weighted by Gasteiger charge is 2.46. The predicted octanol–water partition coefficient (Wildman–Crippen LogP) is 3.02. The molecule has 1 heterocycles. The van der Waals surface area contributed by atoms with Crippen molar-refractivity contribution in [1.82, 2.24) is 4.90 Å². The fourth-order valence-corrected chi connectivity index (χ4v) is 4.03. The molecule has 1 aliphatic heterocycles. The molecule has 1 aromatic rings. The normalized spacial score (nSPS) is 29.2. The number of likely N-dealkylation sites (tertiary alicyclic amines) is 1. The molecular weight excluding hydrogens is 262 g/mol. The lowest BCUT2D eigenvalue weighted by molar-refractivity contribution is -0.148. The summed E-state index contributed by atoms with van der Waals surface area (Å²) in [5.74, 6) is 0.212. The molecule has 0 amide bonds. The first kappa shape index (κ1) is 14.3. The van der Waals surface area contributed by atoms with Gasteiger partial charge in [0.05, 0.1) is 13.0 Å². The van der Waals surface area contributed by atoms with Crippen LogP contribution in [0.4, 0.5) is 0 Å². The van der Waals surface area contributed by atoms with E-state index in [1.807, 2.05) is 6.07 Å². The highest BCUT2D eigenvalue weighted by atomic mass is 16.5. The minimum absolute atomic E-state index is 0.00187. The van der Waals surface area contributed by atoms with Crippen LogP contribution in [0, 0.1) is 11.8 Å². The van der Waals surface area contributed by atoms with Crippen LogP contribution in [0.5, 0.6) is 0 Å². The van der Waals surface area contributed by atoms with Crippen LogP contribution in [-0.4, -0.2) is 30.6 Å². The molecule has 3 heteroatoms. The molecule has 0 bridgehead atoms. The van der Waals surface area contributed by atoms with Crippen molar-refractivity contribution in [3.05, 3.63) is 48.0 Å². The molecule has 3 nitrogen and oxygen atoms in total. The highest BCUT2D eigenvalue weighted by molar-refractivity contribution is 5.73. The summed E-state index contributed by atoms with van der Waals surface area (Å²) in [4.78, 5) is 14.5. The molecule has 2 fully saturated rings. The third-order valence-corrected chi connectivity index (χ3v) is 4.94. The number of nitrogens with zero attached hydrogens (tertiary/aromatic N) is 1. The number of rotatable bonds is 3. The molecule has 1 saturated carbocycles. The Morgan fingerprint density at radius 1 is 1.33 bits per heavy atom. The van der Waals surface area contributed by atoms with Gasteiger partial charge in [0.2, 0.25) is 0 Å². The van der Waals surface area contributed by atoms with E-state index in [2.05, 4.69) is 35.7 Å². The van der Waals surface area contributed by atoms with E-state index < -0.39 is 0 Å². The van der Waals surface area contributed by atoms with Crippen LogP contribution in [-0.2, 0) is 16.1 Å². The molecule has 0 spiro atoms. The van der Waals surface area contributed by atoms with E-state index in [1.165, 1.54) is 18.2 Å². The SMILES string of the molecule is C=C1CN(Cc2ccccc2)[C@H]2CCC[C@@H](C(=O)OC)[C@@H]12. The van der Waals surface area contributed by atoms with Crippen molar-refractivity contribution in [3.63, 3.8) is 0 Å². The van der Waals surface area contributed by atoms with Gasteiger partial charge < -0.3 is 4.74 Å². The summed E-state index contributed by atoms with van der Waals surface area (Å²) in [6.45, 7) is 6.09. The van der Waals surface area contributed by atoms with Crippen LogP contribution in [0.2, 0.25) is 0 Å². The number of carbonyl (C=O) groups excluding carboxylic acids is 1. The van der Waals surface area contributed by atoms with Crippen LogP contribution < -0.4 is 0 Å². The van der Waals surface area contributed by atoms with Gasteiger partial charge in [0.1, 0.15) is 0 Å². The first-order valence-corrected chi connectivity index (χ1v) is 7.74. The third kappa shape index (κ3) is 2.75. The van der Waals surface area contributed by atoms with Gasteiger partial charge in [-0.05, 0) is 18.4 Å². The van der Waals surface area contributed by atoms with Crippen molar-refractivity contribution in [2.75, 3.05) is 13.7 Å². The average Bonchev–Trinajstić information content (AvgIpc) is 2.84. The third-order valence-electron chi connectivity index (χ3n) is 4.94. The Balaban J connectivity index is 1.77. The zero-order chi connectivity index (χ0) is 14.8. The fourth-order valence-electron chi connectivity index (χ4n) is 4.03. The number of esters is 1. The van der Waals surface area contributed by atoms with E-state index in [4.69, 9.17) is 4.74 Å². The van der Waals surface area contributed by atoms with Crippen LogP contribution in [0.15, 0.2) is 42.5 Å². The van der Waals surface area contributed by atoms with Crippen molar-refractivity contribution in [2.24, 2.45) is 11.8 Å². The summed E-state index contributed by atoms with van der Waals surface area (Å²) < 4.78 is 5.00. The van der Waals surface area contributed by atoms with Crippen LogP contribution >= 0.6 is 0 Å². The number of benzene rings is 1. The van der Waals surface area contributed by atoms with E-state index >= 15 is 0 Å². The quantitative estimate of drug-likeness (QED) is 0.631. The summed E-state index contributed by atoms with van der Waals surface area (Å²) in [6, 6.07) is 11.0. The fraction of sp³-hybridized carbons (Fsp3) is 0.500. The van der Waals surface area contributed by atoms with Gasteiger partial charge in [-0.1, -0.05) is 48.9 Å². The second kappa shape index (κ2) is 6.02. The first-order chi connectivity index (χ1) is 10.2. The van der Waals surface area contributed by atoms with Gasteiger partial charge in [0.25, 0.3) is 0 Å². The molecule has 0 aromatic heterocycles. The Morgan fingerprint density at radius 2 is 2.10 bits per heavy atom. The largest absolute Gasteiger partial charge is 0.469 e. The number of ether oxygens (including phenoxy) is 1. The molecule has 0 radical (unpaired) electrons. The summed E-state index contributed by atoms with van der Waals surface area (Å²) in [5.41, 5.74) is 2.53. The Labute approximate surface area is 126 Å². The van der Waals surface area contributed by atoms with Crippen LogP contribution in [0.25, 0.3) is 0 Å². The standard InChI is InChI=1S/C18H23NO2/c1-13-11-19(12-14-7-4-3-5-8-14)16-10-6-9-15(17(13)16)18(20)21-2/h3-5,7-8,15-17H,1,6,9-12H2,2H3/t15-,16+,17-/m1/s1. The second-order valence-corrected chi connectivity index (χ2v) is 6.20. The van der Waals surface area contributed by atoms with Gasteiger partial charge in [-0.25, -0.2) is 0 Å². The lowest BCUT2D eigenvalue weighted by atomic mass is 9.74. The smallest absolute Gasteiger partial charge is 0.309 e. The second-order valence-electron chi connectivity index (χ2n) is 6.20. The van der Waals surface area contributed by atoms with Gasteiger partial charge >= 0.3 is 5.97 Å². The number of methoxy groups -OCH3 is 1. The van der Waals surface area contributed by atoms with Crippen molar-refractivity contribution in [3.8, 4) is 0 Å². The Hall–Kier alpha value is -1.61. The molecule has 1 aliphatic carbocycles. The maximum Gasteiger partial charge on any atom is 0.309 e. The van der Waals surface area contributed by atoms with E-state index in [-0.39, 0.29) is 17.8 Å². The Bertz CT molecular complexity index is 525. The molecule has 21 heavy (non-hydrogen) atoms. The van der Waals surface area contributed by atoms with Gasteiger partial charge in [0, 0.05) is 25.0 Å². The Kier molecular flexibility index (Phi) is 4.11. The summed E-state index contributed by atoms with van der Waals surface area (Å²) in [7, 11) is 1.49. The molecule has 2 aliphatic rings. The molecular formula is C18H23NO2. The van der Waals surface area contributed by atoms with Gasteiger partial charge in [-0.15, -0.1) is 0 Å². The van der Waals surface area contributed by atoms with Crippen LogP contribution in [0.1, 0.15) is 24.8 Å². The maximum atomic E-state index is 12.0. The minimum atomic E-state index is -0.0626.